The van der Waals surface area contributed by atoms with Crippen LogP contribution in [0.3, 0.4) is 0 Å². The van der Waals surface area contributed by atoms with Crippen LogP contribution in [0, 0.1) is 0 Å². The number of ether oxygens (including phenoxy) is 1. The first-order chi connectivity index (χ1) is 7.20. The summed E-state index contributed by atoms with van der Waals surface area (Å²) >= 11 is 0. The molecule has 1 rings (SSSR count). The van der Waals surface area contributed by atoms with Crippen LogP contribution in [-0.2, 0) is 9.53 Å². The predicted octanol–water partition coefficient (Wildman–Crippen LogP) is 1.98. The highest BCUT2D eigenvalue weighted by Crippen LogP contribution is 2.23. The van der Waals surface area contributed by atoms with Gasteiger partial charge in [-0.2, -0.15) is 0 Å². The third-order valence-electron chi connectivity index (χ3n) is 2.10. The summed E-state index contributed by atoms with van der Waals surface area (Å²) in [5, 5.41) is 8.97. The average Bonchev–Trinajstić information content (AvgIpc) is 2.44. The van der Waals surface area contributed by atoms with Gasteiger partial charge in [0.2, 0.25) is 0 Å². The van der Waals surface area contributed by atoms with Gasteiger partial charge >= 0.3 is 12.1 Å². The van der Waals surface area contributed by atoms with Gasteiger partial charge in [-0.15, -0.1) is 0 Å². The van der Waals surface area contributed by atoms with Crippen molar-refractivity contribution in [3.05, 3.63) is 11.8 Å². The number of hydrogen-bond donors (Lipinski definition) is 1. The molecule has 0 unspecified atom stereocenters. The van der Waals surface area contributed by atoms with E-state index < -0.39 is 23.7 Å². The van der Waals surface area contributed by atoms with E-state index in [2.05, 4.69) is 0 Å². The van der Waals surface area contributed by atoms with Crippen LogP contribution in [0.2, 0.25) is 0 Å². The molecule has 1 aliphatic heterocycles. The molecule has 0 spiro atoms. The van der Waals surface area contributed by atoms with E-state index in [9.17, 15) is 9.59 Å². The third-order valence-corrected chi connectivity index (χ3v) is 2.10. The maximum Gasteiger partial charge on any atom is 0.415 e. The molecule has 0 aromatic heterocycles. The first kappa shape index (κ1) is 12.5. The number of nitrogens with zero attached hydrogens (tertiary/aromatic N) is 1. The van der Waals surface area contributed by atoms with Gasteiger partial charge < -0.3 is 9.84 Å². The summed E-state index contributed by atoms with van der Waals surface area (Å²) < 4.78 is 5.13. The molecule has 90 valence electrons. The van der Waals surface area contributed by atoms with Crippen LogP contribution < -0.4 is 0 Å². The molecule has 1 atom stereocenters. The van der Waals surface area contributed by atoms with Crippen molar-refractivity contribution >= 4 is 12.1 Å². The molecule has 1 N–H and O–H groups in total. The topological polar surface area (TPSA) is 66.8 Å². The summed E-state index contributed by atoms with van der Waals surface area (Å²) in [6.07, 6.45) is 1.28. The number of carboxylic acids is 1. The molecular weight excluding hydrogens is 210 g/mol. The van der Waals surface area contributed by atoms with E-state index in [-0.39, 0.29) is 0 Å². The van der Waals surface area contributed by atoms with Crippen LogP contribution in [0.4, 0.5) is 4.79 Å². The van der Waals surface area contributed by atoms with Crippen molar-refractivity contribution in [2.24, 2.45) is 0 Å². The number of carbonyl (C=O) groups excluding carboxylic acids is 1. The van der Waals surface area contributed by atoms with Gasteiger partial charge in [-0.3, -0.25) is 4.90 Å². The number of rotatable bonds is 1. The Morgan fingerprint density at radius 1 is 1.50 bits per heavy atom. The van der Waals surface area contributed by atoms with E-state index >= 15 is 0 Å². The first-order valence-electron chi connectivity index (χ1n) is 5.12. The van der Waals surface area contributed by atoms with E-state index in [1.807, 2.05) is 0 Å². The van der Waals surface area contributed by atoms with E-state index in [0.717, 1.165) is 10.5 Å². The monoisotopic (exact) mass is 227 g/mol. The fourth-order valence-corrected chi connectivity index (χ4v) is 1.48. The van der Waals surface area contributed by atoms with Gasteiger partial charge in [0.25, 0.3) is 0 Å². The molecule has 0 saturated heterocycles. The first-order valence-corrected chi connectivity index (χ1v) is 5.12. The summed E-state index contributed by atoms with van der Waals surface area (Å²) in [4.78, 5) is 23.8. The number of hydrogen-bond acceptors (Lipinski definition) is 3. The average molecular weight is 227 g/mol. The van der Waals surface area contributed by atoms with Crippen molar-refractivity contribution in [2.75, 3.05) is 0 Å². The molecule has 1 aliphatic rings. The largest absolute Gasteiger partial charge is 0.480 e. The van der Waals surface area contributed by atoms with E-state index in [4.69, 9.17) is 9.84 Å². The molecule has 0 bridgehead atoms. The van der Waals surface area contributed by atoms with Crippen molar-refractivity contribution in [1.29, 1.82) is 0 Å². The maximum atomic E-state index is 11.7. The van der Waals surface area contributed by atoms with Crippen LogP contribution in [-0.4, -0.2) is 33.7 Å². The van der Waals surface area contributed by atoms with Crippen LogP contribution in [0.5, 0.6) is 0 Å². The third kappa shape index (κ3) is 2.98. The number of aliphatic carboxylic acids is 1. The van der Waals surface area contributed by atoms with Gasteiger partial charge in [-0.1, -0.05) is 5.57 Å². The normalized spacial score (nSPS) is 20.6. The summed E-state index contributed by atoms with van der Waals surface area (Å²) in [7, 11) is 0. The smallest absolute Gasteiger partial charge is 0.415 e. The Morgan fingerprint density at radius 2 is 2.06 bits per heavy atom. The molecule has 1 amide bonds. The fourth-order valence-electron chi connectivity index (χ4n) is 1.48. The lowest BCUT2D eigenvalue weighted by Crippen LogP contribution is -2.41. The highest BCUT2D eigenvalue weighted by molar-refractivity contribution is 5.82. The second kappa shape index (κ2) is 4.15. The standard InChI is InChI=1S/C11H17NO4/c1-7-5-8(9(13)14)12(6-7)10(15)16-11(2,3)4/h6,8H,5H2,1-4H3,(H,13,14)/t8-/m0/s1. The molecule has 5 nitrogen and oxygen atoms in total. The zero-order valence-corrected chi connectivity index (χ0v) is 9.98. The molecule has 0 aromatic rings. The Morgan fingerprint density at radius 3 is 2.50 bits per heavy atom. The van der Waals surface area contributed by atoms with Gasteiger partial charge in [0, 0.05) is 12.6 Å². The van der Waals surface area contributed by atoms with Crippen LogP contribution >= 0.6 is 0 Å². The molecule has 5 heteroatoms. The molecule has 0 radical (unpaired) electrons. The second-order valence-electron chi connectivity index (χ2n) is 4.92. The highest BCUT2D eigenvalue weighted by atomic mass is 16.6. The minimum absolute atomic E-state index is 0.356. The van der Waals surface area contributed by atoms with Crippen molar-refractivity contribution in [3.63, 3.8) is 0 Å². The molecule has 0 aliphatic carbocycles. The Kier molecular flexibility index (Phi) is 3.26. The maximum absolute atomic E-state index is 11.7. The van der Waals surface area contributed by atoms with Gasteiger partial charge in [-0.25, -0.2) is 9.59 Å². The fraction of sp³-hybridized carbons (Fsp3) is 0.636. The van der Waals surface area contributed by atoms with E-state index in [1.54, 1.807) is 27.7 Å². The minimum atomic E-state index is -1.01. The highest BCUT2D eigenvalue weighted by Gasteiger charge is 2.35. The Balaban J connectivity index is 2.78. The number of amides is 1. The number of carboxylic acid groups (broad SMARTS) is 1. The SMILES string of the molecule is CC1=CN(C(=O)OC(C)(C)C)[C@H](C(=O)O)C1. The zero-order valence-electron chi connectivity index (χ0n) is 9.98. The van der Waals surface area contributed by atoms with Crippen molar-refractivity contribution in [1.82, 2.24) is 4.90 Å². The minimum Gasteiger partial charge on any atom is -0.480 e. The summed E-state index contributed by atoms with van der Waals surface area (Å²) in [5.41, 5.74) is 0.239. The quantitative estimate of drug-likeness (QED) is 0.743. The van der Waals surface area contributed by atoms with Crippen LogP contribution in [0.25, 0.3) is 0 Å². The van der Waals surface area contributed by atoms with E-state index in [0.29, 0.717) is 6.42 Å². The predicted molar refractivity (Wildman–Crippen MR) is 57.9 cm³/mol. The van der Waals surface area contributed by atoms with E-state index in [1.165, 1.54) is 6.20 Å². The van der Waals surface area contributed by atoms with Gasteiger partial charge in [0.15, 0.2) is 0 Å². The second-order valence-corrected chi connectivity index (χ2v) is 4.92. The molecular formula is C11H17NO4. The Labute approximate surface area is 94.7 Å². The zero-order chi connectivity index (χ0) is 12.5. The van der Waals surface area contributed by atoms with Gasteiger partial charge in [0.05, 0.1) is 0 Å². The Hall–Kier alpha value is -1.52. The lowest BCUT2D eigenvalue weighted by molar-refractivity contribution is -0.141. The van der Waals surface area contributed by atoms with Crippen LogP contribution in [0.15, 0.2) is 11.8 Å². The molecule has 0 aromatic carbocycles. The molecule has 16 heavy (non-hydrogen) atoms. The van der Waals surface area contributed by atoms with Crippen molar-refractivity contribution in [3.8, 4) is 0 Å². The summed E-state index contributed by atoms with van der Waals surface area (Å²) in [6, 6.07) is -0.838. The Bertz CT molecular complexity index is 340. The van der Waals surface area contributed by atoms with Crippen molar-refractivity contribution < 1.29 is 19.4 Å². The summed E-state index contributed by atoms with van der Waals surface area (Å²) in [6.45, 7) is 7.02. The molecule has 0 saturated carbocycles. The van der Waals surface area contributed by atoms with Gasteiger partial charge in [-0.05, 0) is 27.7 Å². The molecule has 1 heterocycles. The summed E-state index contributed by atoms with van der Waals surface area (Å²) in [5.74, 6) is -1.01. The van der Waals surface area contributed by atoms with Crippen molar-refractivity contribution in [2.45, 2.75) is 45.8 Å². The number of carbonyl (C=O) groups is 2. The lowest BCUT2D eigenvalue weighted by atomic mass is 10.1. The molecule has 0 fully saturated rings. The lowest BCUT2D eigenvalue weighted by Gasteiger charge is -2.25. The van der Waals surface area contributed by atoms with Crippen LogP contribution in [0.1, 0.15) is 34.1 Å². The van der Waals surface area contributed by atoms with Gasteiger partial charge in [0.1, 0.15) is 11.6 Å².